The van der Waals surface area contributed by atoms with Crippen LogP contribution in [0.2, 0.25) is 0 Å². The minimum Gasteiger partial charge on any atom is -0.388 e. The first kappa shape index (κ1) is 11.0. The van der Waals surface area contributed by atoms with Crippen molar-refractivity contribution in [2.75, 3.05) is 0 Å². The molecule has 5 heteroatoms. The van der Waals surface area contributed by atoms with Gasteiger partial charge in [-0.25, -0.2) is 4.39 Å². The first-order valence-electron chi connectivity index (χ1n) is 3.89. The van der Waals surface area contributed by atoms with Gasteiger partial charge in [-0.1, -0.05) is 18.2 Å². The minimum absolute atomic E-state index is 0.329. The molecule has 1 atom stereocenters. The number of benzene rings is 1. The summed E-state index contributed by atoms with van der Waals surface area (Å²) in [6.45, 7) is 0. The standard InChI is InChI=1S/C9H8F4O/c10-7-4-2-1-3-6(7)8(14)5-9(11,12)13/h1-4,8,14H,5H2. The van der Waals surface area contributed by atoms with Gasteiger partial charge in [0.2, 0.25) is 0 Å². The van der Waals surface area contributed by atoms with Crippen LogP contribution in [0.15, 0.2) is 24.3 Å². The molecule has 1 aromatic rings. The highest BCUT2D eigenvalue weighted by Gasteiger charge is 2.32. The summed E-state index contributed by atoms with van der Waals surface area (Å²) in [4.78, 5) is 0. The van der Waals surface area contributed by atoms with E-state index in [1.807, 2.05) is 0 Å². The van der Waals surface area contributed by atoms with Gasteiger partial charge in [0.25, 0.3) is 0 Å². The van der Waals surface area contributed by atoms with Crippen molar-refractivity contribution >= 4 is 0 Å². The Morgan fingerprint density at radius 2 is 1.79 bits per heavy atom. The maximum absolute atomic E-state index is 12.9. The lowest BCUT2D eigenvalue weighted by Gasteiger charge is -2.13. The van der Waals surface area contributed by atoms with Gasteiger partial charge in [0.1, 0.15) is 5.82 Å². The van der Waals surface area contributed by atoms with Crippen molar-refractivity contribution in [3.8, 4) is 0 Å². The Morgan fingerprint density at radius 3 is 2.29 bits per heavy atom. The van der Waals surface area contributed by atoms with Crippen molar-refractivity contribution in [1.82, 2.24) is 0 Å². The Bertz CT molecular complexity index is 308. The first-order valence-corrected chi connectivity index (χ1v) is 3.89. The third-order valence-corrected chi connectivity index (χ3v) is 1.69. The fourth-order valence-electron chi connectivity index (χ4n) is 1.07. The average molecular weight is 208 g/mol. The Balaban J connectivity index is 2.80. The molecule has 0 aromatic heterocycles. The lowest BCUT2D eigenvalue weighted by atomic mass is 10.1. The molecule has 0 saturated carbocycles. The van der Waals surface area contributed by atoms with Crippen LogP contribution < -0.4 is 0 Å². The second-order valence-electron chi connectivity index (χ2n) is 2.86. The molecule has 0 bridgehead atoms. The van der Waals surface area contributed by atoms with Crippen LogP contribution >= 0.6 is 0 Å². The maximum atomic E-state index is 12.9. The van der Waals surface area contributed by atoms with E-state index in [1.54, 1.807) is 0 Å². The summed E-state index contributed by atoms with van der Waals surface area (Å²) in [5.74, 6) is -0.829. The van der Waals surface area contributed by atoms with Crippen LogP contribution in [0.5, 0.6) is 0 Å². The van der Waals surface area contributed by atoms with Crippen LogP contribution in [0.1, 0.15) is 18.1 Å². The second kappa shape index (κ2) is 3.96. The van der Waals surface area contributed by atoms with Gasteiger partial charge in [-0.3, -0.25) is 0 Å². The molecule has 0 spiro atoms. The summed E-state index contributed by atoms with van der Waals surface area (Å²) < 4.78 is 48.4. The van der Waals surface area contributed by atoms with Crippen molar-refractivity contribution in [1.29, 1.82) is 0 Å². The van der Waals surface area contributed by atoms with Crippen molar-refractivity contribution in [3.05, 3.63) is 35.6 Å². The number of halogens is 4. The number of aliphatic hydroxyl groups is 1. The van der Waals surface area contributed by atoms with Gasteiger partial charge in [0.15, 0.2) is 0 Å². The molecule has 0 aliphatic rings. The van der Waals surface area contributed by atoms with Gasteiger partial charge < -0.3 is 5.11 Å². The van der Waals surface area contributed by atoms with E-state index in [0.29, 0.717) is 0 Å². The molecule has 1 aromatic carbocycles. The SMILES string of the molecule is OC(CC(F)(F)F)c1ccccc1F. The fourth-order valence-corrected chi connectivity index (χ4v) is 1.07. The van der Waals surface area contributed by atoms with Gasteiger partial charge in [-0.15, -0.1) is 0 Å². The topological polar surface area (TPSA) is 20.2 Å². The zero-order chi connectivity index (χ0) is 10.8. The molecular formula is C9H8F4O. The van der Waals surface area contributed by atoms with E-state index in [9.17, 15) is 17.6 Å². The molecule has 14 heavy (non-hydrogen) atoms. The molecule has 1 nitrogen and oxygen atoms in total. The Hall–Kier alpha value is -1.10. The normalized spacial score (nSPS) is 14.1. The minimum atomic E-state index is -4.50. The van der Waals surface area contributed by atoms with Gasteiger partial charge in [-0.05, 0) is 6.07 Å². The molecule has 0 heterocycles. The van der Waals surface area contributed by atoms with Crippen molar-refractivity contribution in [2.45, 2.75) is 18.7 Å². The van der Waals surface area contributed by atoms with Crippen LogP contribution in [0.4, 0.5) is 17.6 Å². The summed E-state index contributed by atoms with van der Waals surface area (Å²) in [5, 5.41) is 9.08. The quantitative estimate of drug-likeness (QED) is 0.741. The zero-order valence-corrected chi connectivity index (χ0v) is 7.05. The third kappa shape index (κ3) is 2.99. The largest absolute Gasteiger partial charge is 0.391 e. The monoisotopic (exact) mass is 208 g/mol. The van der Waals surface area contributed by atoms with Gasteiger partial charge in [0.05, 0.1) is 12.5 Å². The number of hydrogen-bond donors (Lipinski definition) is 1. The molecule has 1 unspecified atom stereocenters. The van der Waals surface area contributed by atoms with E-state index in [0.717, 1.165) is 12.1 Å². The van der Waals surface area contributed by atoms with Crippen LogP contribution in [-0.4, -0.2) is 11.3 Å². The molecule has 0 saturated heterocycles. The molecule has 0 fully saturated rings. The van der Waals surface area contributed by atoms with Gasteiger partial charge in [0, 0.05) is 5.56 Å². The number of alkyl halides is 3. The Morgan fingerprint density at radius 1 is 1.21 bits per heavy atom. The van der Waals surface area contributed by atoms with Crippen molar-refractivity contribution in [3.63, 3.8) is 0 Å². The molecule has 1 rings (SSSR count). The lowest BCUT2D eigenvalue weighted by Crippen LogP contribution is -2.14. The smallest absolute Gasteiger partial charge is 0.388 e. The summed E-state index contributed by atoms with van der Waals surface area (Å²) in [6.07, 6.45) is -7.77. The molecule has 0 amide bonds. The number of rotatable bonds is 2. The van der Waals surface area contributed by atoms with Gasteiger partial charge in [-0.2, -0.15) is 13.2 Å². The summed E-state index contributed by atoms with van der Waals surface area (Å²) in [6, 6.07) is 4.86. The van der Waals surface area contributed by atoms with E-state index in [1.165, 1.54) is 12.1 Å². The highest BCUT2D eigenvalue weighted by Crippen LogP contribution is 2.30. The van der Waals surface area contributed by atoms with E-state index < -0.39 is 24.5 Å². The zero-order valence-electron chi connectivity index (χ0n) is 7.05. The van der Waals surface area contributed by atoms with E-state index in [-0.39, 0.29) is 5.56 Å². The fraction of sp³-hybridized carbons (Fsp3) is 0.333. The highest BCUT2D eigenvalue weighted by molar-refractivity contribution is 5.19. The Kier molecular flexibility index (Phi) is 3.10. The third-order valence-electron chi connectivity index (χ3n) is 1.69. The molecule has 78 valence electrons. The predicted octanol–water partition coefficient (Wildman–Crippen LogP) is 2.81. The molecule has 0 aliphatic carbocycles. The van der Waals surface area contributed by atoms with Crippen LogP contribution in [0, 0.1) is 5.82 Å². The van der Waals surface area contributed by atoms with E-state index in [4.69, 9.17) is 5.11 Å². The summed E-state index contributed by atoms with van der Waals surface area (Å²) in [7, 11) is 0. The lowest BCUT2D eigenvalue weighted by molar-refractivity contribution is -0.154. The molecule has 0 radical (unpaired) electrons. The predicted molar refractivity (Wildman–Crippen MR) is 42.0 cm³/mol. The molecule has 0 aliphatic heterocycles. The van der Waals surface area contributed by atoms with Crippen LogP contribution in [0.3, 0.4) is 0 Å². The first-order chi connectivity index (χ1) is 6.40. The molecular weight excluding hydrogens is 200 g/mol. The summed E-state index contributed by atoms with van der Waals surface area (Å²) in [5.41, 5.74) is -0.329. The highest BCUT2D eigenvalue weighted by atomic mass is 19.4. The maximum Gasteiger partial charge on any atom is 0.391 e. The van der Waals surface area contributed by atoms with Crippen molar-refractivity contribution in [2.24, 2.45) is 0 Å². The Labute approximate surface area is 78.0 Å². The number of hydrogen-bond acceptors (Lipinski definition) is 1. The average Bonchev–Trinajstić information content (AvgIpc) is 2.01. The van der Waals surface area contributed by atoms with Crippen LogP contribution in [0.25, 0.3) is 0 Å². The number of aliphatic hydroxyl groups excluding tert-OH is 1. The van der Waals surface area contributed by atoms with Gasteiger partial charge >= 0.3 is 6.18 Å². The summed E-state index contributed by atoms with van der Waals surface area (Å²) >= 11 is 0. The second-order valence-corrected chi connectivity index (χ2v) is 2.86. The van der Waals surface area contributed by atoms with E-state index in [2.05, 4.69) is 0 Å². The van der Waals surface area contributed by atoms with Crippen LogP contribution in [-0.2, 0) is 0 Å². The van der Waals surface area contributed by atoms with E-state index >= 15 is 0 Å². The molecule has 1 N–H and O–H groups in total. The van der Waals surface area contributed by atoms with Crippen molar-refractivity contribution < 1.29 is 22.7 Å².